The maximum absolute atomic E-state index is 13.5. The molecule has 4 rings (SSSR count). The van der Waals surface area contributed by atoms with Gasteiger partial charge in [-0.25, -0.2) is 4.39 Å². The van der Waals surface area contributed by atoms with Gasteiger partial charge in [0, 0.05) is 16.5 Å². The number of hydrogen-bond donors (Lipinski definition) is 1. The van der Waals surface area contributed by atoms with Crippen LogP contribution in [-0.2, 0) is 10.2 Å². The minimum atomic E-state index is -0.605. The van der Waals surface area contributed by atoms with E-state index in [1.807, 2.05) is 36.4 Å². The summed E-state index contributed by atoms with van der Waals surface area (Å²) in [6.45, 7) is 2.73. The number of rotatable bonds is 6. The van der Waals surface area contributed by atoms with Gasteiger partial charge in [-0.2, -0.15) is 0 Å². The van der Waals surface area contributed by atoms with Crippen molar-refractivity contribution >= 4 is 22.4 Å². The number of carbonyl (C=O) groups is 1. The van der Waals surface area contributed by atoms with E-state index in [9.17, 15) is 9.18 Å². The summed E-state index contributed by atoms with van der Waals surface area (Å²) < 4.78 is 19.3. The van der Waals surface area contributed by atoms with E-state index in [0.717, 1.165) is 59.9 Å². The first-order chi connectivity index (χ1) is 14.1. The summed E-state index contributed by atoms with van der Waals surface area (Å²) in [5.74, 6) is 0.527. The highest BCUT2D eigenvalue weighted by Gasteiger charge is 2.42. The zero-order chi connectivity index (χ0) is 20.3. The van der Waals surface area contributed by atoms with Gasteiger partial charge in [-0.05, 0) is 49.1 Å². The lowest BCUT2D eigenvalue weighted by atomic mass is 9.78. The molecule has 1 aliphatic rings. The van der Waals surface area contributed by atoms with E-state index in [1.54, 1.807) is 12.1 Å². The van der Waals surface area contributed by atoms with Gasteiger partial charge in [-0.3, -0.25) is 4.79 Å². The van der Waals surface area contributed by atoms with Gasteiger partial charge in [0.15, 0.2) is 0 Å². The molecule has 1 amide bonds. The van der Waals surface area contributed by atoms with Crippen LogP contribution in [0.2, 0.25) is 0 Å². The summed E-state index contributed by atoms with van der Waals surface area (Å²) in [5, 5.41) is 5.12. The fourth-order valence-corrected chi connectivity index (χ4v) is 4.35. The van der Waals surface area contributed by atoms with E-state index >= 15 is 0 Å². The molecule has 0 aliphatic heterocycles. The highest BCUT2D eigenvalue weighted by atomic mass is 19.1. The molecule has 0 spiro atoms. The van der Waals surface area contributed by atoms with Gasteiger partial charge in [0.1, 0.15) is 11.6 Å². The number of amides is 1. The van der Waals surface area contributed by atoms with Crippen molar-refractivity contribution in [1.82, 2.24) is 0 Å². The highest BCUT2D eigenvalue weighted by molar-refractivity contribution is 6.07. The Morgan fingerprint density at radius 1 is 1.00 bits per heavy atom. The van der Waals surface area contributed by atoms with Gasteiger partial charge in [0.05, 0.1) is 12.0 Å². The molecular formula is C25H26FNO2. The van der Waals surface area contributed by atoms with E-state index in [0.29, 0.717) is 6.61 Å². The second-order valence-corrected chi connectivity index (χ2v) is 7.76. The monoisotopic (exact) mass is 391 g/mol. The fraction of sp³-hybridized carbons (Fsp3) is 0.320. The predicted octanol–water partition coefficient (Wildman–Crippen LogP) is 6.22. The zero-order valence-electron chi connectivity index (χ0n) is 16.7. The van der Waals surface area contributed by atoms with Crippen molar-refractivity contribution in [1.29, 1.82) is 0 Å². The second kappa shape index (κ2) is 8.24. The van der Waals surface area contributed by atoms with Gasteiger partial charge in [-0.15, -0.1) is 0 Å². The molecule has 3 aromatic rings. The van der Waals surface area contributed by atoms with E-state index in [2.05, 4.69) is 12.2 Å². The van der Waals surface area contributed by atoms with Crippen molar-refractivity contribution in [2.45, 2.75) is 44.4 Å². The predicted molar refractivity (Wildman–Crippen MR) is 115 cm³/mol. The second-order valence-electron chi connectivity index (χ2n) is 7.76. The van der Waals surface area contributed by atoms with Crippen LogP contribution < -0.4 is 10.1 Å². The average molecular weight is 391 g/mol. The van der Waals surface area contributed by atoms with E-state index in [4.69, 9.17) is 4.74 Å². The topological polar surface area (TPSA) is 38.3 Å². The molecule has 1 N–H and O–H groups in total. The summed E-state index contributed by atoms with van der Waals surface area (Å²) in [6.07, 6.45) is 4.48. The quantitative estimate of drug-likeness (QED) is 0.542. The van der Waals surface area contributed by atoms with Crippen molar-refractivity contribution in [3.8, 4) is 5.75 Å². The van der Waals surface area contributed by atoms with Crippen LogP contribution in [0.3, 0.4) is 0 Å². The number of benzene rings is 3. The lowest BCUT2D eigenvalue weighted by molar-refractivity contribution is -0.121. The molecule has 29 heavy (non-hydrogen) atoms. The molecule has 1 saturated carbocycles. The molecule has 0 unspecified atom stereocenters. The molecule has 1 aliphatic carbocycles. The third kappa shape index (κ3) is 3.71. The molecule has 1 fully saturated rings. The van der Waals surface area contributed by atoms with Gasteiger partial charge in [-0.1, -0.05) is 56.2 Å². The van der Waals surface area contributed by atoms with Crippen LogP contribution in [0.25, 0.3) is 10.8 Å². The van der Waals surface area contributed by atoms with E-state index < -0.39 is 5.41 Å². The Bertz CT molecular complexity index is 1010. The SMILES string of the molecule is CCCOc1ccc(NC(=O)C2(c3ccc(F)cc3)CCCC2)c2ccccc12. The van der Waals surface area contributed by atoms with Gasteiger partial charge in [0.25, 0.3) is 0 Å². The summed E-state index contributed by atoms with van der Waals surface area (Å²) in [5.41, 5.74) is 1.07. The van der Waals surface area contributed by atoms with Crippen molar-refractivity contribution in [3.05, 3.63) is 72.0 Å². The first-order valence-electron chi connectivity index (χ1n) is 10.4. The summed E-state index contributed by atoms with van der Waals surface area (Å²) in [7, 11) is 0. The molecule has 0 radical (unpaired) electrons. The number of anilines is 1. The Kier molecular flexibility index (Phi) is 5.52. The van der Waals surface area contributed by atoms with Crippen LogP contribution in [0.1, 0.15) is 44.6 Å². The van der Waals surface area contributed by atoms with Crippen molar-refractivity contribution < 1.29 is 13.9 Å². The molecule has 150 valence electrons. The molecule has 0 saturated heterocycles. The number of ether oxygens (including phenoxy) is 1. The van der Waals surface area contributed by atoms with Crippen molar-refractivity contribution in [2.24, 2.45) is 0 Å². The Morgan fingerprint density at radius 2 is 1.69 bits per heavy atom. The molecule has 4 heteroatoms. The Hall–Kier alpha value is -2.88. The summed E-state index contributed by atoms with van der Waals surface area (Å²) >= 11 is 0. The number of nitrogens with one attached hydrogen (secondary N) is 1. The third-order valence-corrected chi connectivity index (χ3v) is 5.88. The summed E-state index contributed by atoms with van der Waals surface area (Å²) in [4.78, 5) is 13.5. The van der Waals surface area contributed by atoms with E-state index in [-0.39, 0.29) is 11.7 Å². The van der Waals surface area contributed by atoms with Crippen LogP contribution in [0.15, 0.2) is 60.7 Å². The smallest absolute Gasteiger partial charge is 0.235 e. The first-order valence-corrected chi connectivity index (χ1v) is 10.4. The van der Waals surface area contributed by atoms with Gasteiger partial charge in [0.2, 0.25) is 5.91 Å². The van der Waals surface area contributed by atoms with Crippen LogP contribution in [0.4, 0.5) is 10.1 Å². The standard InChI is InChI=1S/C25H26FNO2/c1-2-17-29-23-14-13-22(20-7-3-4-8-21(20)23)27-24(28)25(15-5-6-16-25)18-9-11-19(26)12-10-18/h3-4,7-14H,2,5-6,15-17H2,1H3,(H,27,28). The van der Waals surface area contributed by atoms with E-state index in [1.165, 1.54) is 12.1 Å². The maximum atomic E-state index is 13.5. The Morgan fingerprint density at radius 3 is 2.38 bits per heavy atom. The van der Waals surface area contributed by atoms with Crippen LogP contribution >= 0.6 is 0 Å². The molecular weight excluding hydrogens is 365 g/mol. The summed E-state index contributed by atoms with van der Waals surface area (Å²) in [6, 6.07) is 18.2. The highest BCUT2D eigenvalue weighted by Crippen LogP contribution is 2.43. The minimum absolute atomic E-state index is 0.0195. The van der Waals surface area contributed by atoms with Crippen molar-refractivity contribution in [3.63, 3.8) is 0 Å². The largest absolute Gasteiger partial charge is 0.493 e. The molecule has 3 nitrogen and oxygen atoms in total. The van der Waals surface area contributed by atoms with Crippen LogP contribution in [0.5, 0.6) is 5.75 Å². The number of halogens is 1. The molecule has 0 atom stereocenters. The van der Waals surface area contributed by atoms with Gasteiger partial charge < -0.3 is 10.1 Å². The number of fused-ring (bicyclic) bond motifs is 1. The molecule has 3 aromatic carbocycles. The number of hydrogen-bond acceptors (Lipinski definition) is 2. The maximum Gasteiger partial charge on any atom is 0.235 e. The molecule has 0 aromatic heterocycles. The number of carbonyl (C=O) groups excluding carboxylic acids is 1. The lowest BCUT2D eigenvalue weighted by Gasteiger charge is -2.28. The lowest BCUT2D eigenvalue weighted by Crippen LogP contribution is -2.38. The van der Waals surface area contributed by atoms with Crippen molar-refractivity contribution in [2.75, 3.05) is 11.9 Å². The normalized spacial score (nSPS) is 15.4. The average Bonchev–Trinajstić information content (AvgIpc) is 3.25. The Balaban J connectivity index is 1.68. The fourth-order valence-electron chi connectivity index (χ4n) is 4.35. The van der Waals surface area contributed by atoms with Crippen LogP contribution in [-0.4, -0.2) is 12.5 Å². The van der Waals surface area contributed by atoms with Gasteiger partial charge >= 0.3 is 0 Å². The minimum Gasteiger partial charge on any atom is -0.493 e. The Labute approximate surface area is 170 Å². The molecule has 0 bridgehead atoms. The van der Waals surface area contributed by atoms with Crippen LogP contribution in [0, 0.1) is 5.82 Å². The first kappa shape index (κ1) is 19.4. The molecule has 0 heterocycles. The third-order valence-electron chi connectivity index (χ3n) is 5.88. The zero-order valence-corrected chi connectivity index (χ0v) is 16.7.